The molecule has 2 aromatic heterocycles. The first-order chi connectivity index (χ1) is 11.7. The number of benzene rings is 1. The first kappa shape index (κ1) is 14.7. The number of pyridine rings is 1. The number of hydrogen-bond acceptors (Lipinski definition) is 3. The molecule has 24 heavy (non-hydrogen) atoms. The third-order valence-electron chi connectivity index (χ3n) is 4.35. The number of H-pyrrole nitrogens is 1. The summed E-state index contributed by atoms with van der Waals surface area (Å²) in [4.78, 5) is 21.5. The Balaban J connectivity index is 1.77. The number of nitrogens with zero attached hydrogens (tertiary/aromatic N) is 2. The highest BCUT2D eigenvalue weighted by molar-refractivity contribution is 5.96. The number of aromatic carboxylic acids is 1. The molecule has 120 valence electrons. The summed E-state index contributed by atoms with van der Waals surface area (Å²) in [5.74, 6) is -0.930. The lowest BCUT2D eigenvalue weighted by Crippen LogP contribution is -2.21. The number of carbonyl (C=O) groups is 1. The van der Waals surface area contributed by atoms with E-state index in [2.05, 4.69) is 27.0 Å². The second kappa shape index (κ2) is 5.94. The van der Waals surface area contributed by atoms with E-state index >= 15 is 0 Å². The Morgan fingerprint density at radius 3 is 2.79 bits per heavy atom. The zero-order chi connectivity index (χ0) is 16.5. The van der Waals surface area contributed by atoms with Crippen LogP contribution in [0.3, 0.4) is 0 Å². The summed E-state index contributed by atoms with van der Waals surface area (Å²) in [5, 5.41) is 9.49. The third kappa shape index (κ3) is 2.59. The van der Waals surface area contributed by atoms with Crippen LogP contribution in [-0.2, 0) is 19.6 Å². The Kier molecular flexibility index (Phi) is 3.63. The second-order valence-electron chi connectivity index (χ2n) is 6.00. The smallest absolute Gasteiger partial charge is 0.337 e. The molecule has 4 rings (SSSR count). The van der Waals surface area contributed by atoms with Crippen LogP contribution in [0.15, 0.2) is 54.9 Å². The standard InChI is InChI=1S/C19H17N3O2/c23-19(24)15-9-21-16-12-22(10-13-5-2-1-3-6-13)11-14-7-4-8-20-18(14)17(15)16/h1-9,21H,10-12H2,(H,23,24). The van der Waals surface area contributed by atoms with E-state index in [-0.39, 0.29) is 5.56 Å². The molecule has 2 N–H and O–H groups in total. The van der Waals surface area contributed by atoms with Crippen LogP contribution in [0.4, 0.5) is 0 Å². The van der Waals surface area contributed by atoms with Crippen molar-refractivity contribution in [3.8, 4) is 11.3 Å². The molecule has 5 heteroatoms. The average Bonchev–Trinajstić information content (AvgIpc) is 2.93. The number of carboxylic acid groups (broad SMARTS) is 1. The minimum Gasteiger partial charge on any atom is -0.478 e. The zero-order valence-corrected chi connectivity index (χ0v) is 13.1. The number of carboxylic acids is 1. The van der Waals surface area contributed by atoms with Gasteiger partial charge in [0.2, 0.25) is 0 Å². The van der Waals surface area contributed by atoms with Crippen molar-refractivity contribution >= 4 is 5.97 Å². The van der Waals surface area contributed by atoms with Crippen LogP contribution >= 0.6 is 0 Å². The van der Waals surface area contributed by atoms with E-state index in [1.807, 2.05) is 30.3 Å². The van der Waals surface area contributed by atoms with Crippen LogP contribution < -0.4 is 0 Å². The number of nitrogens with one attached hydrogen (secondary N) is 1. The Morgan fingerprint density at radius 2 is 2.00 bits per heavy atom. The van der Waals surface area contributed by atoms with Gasteiger partial charge in [0, 0.05) is 43.3 Å². The van der Waals surface area contributed by atoms with Crippen molar-refractivity contribution in [2.24, 2.45) is 0 Å². The largest absolute Gasteiger partial charge is 0.478 e. The van der Waals surface area contributed by atoms with E-state index in [9.17, 15) is 9.90 Å². The summed E-state index contributed by atoms with van der Waals surface area (Å²) in [6.07, 6.45) is 3.28. The Hall–Kier alpha value is -2.92. The minimum absolute atomic E-state index is 0.284. The molecule has 0 atom stereocenters. The fraction of sp³-hybridized carbons (Fsp3) is 0.158. The van der Waals surface area contributed by atoms with Crippen LogP contribution in [0, 0.1) is 0 Å². The maximum absolute atomic E-state index is 11.6. The van der Waals surface area contributed by atoms with Crippen molar-refractivity contribution in [3.05, 3.63) is 77.2 Å². The fourth-order valence-electron chi connectivity index (χ4n) is 3.30. The molecule has 1 aromatic carbocycles. The highest BCUT2D eigenvalue weighted by Gasteiger charge is 2.26. The molecule has 0 saturated heterocycles. The molecule has 3 aromatic rings. The van der Waals surface area contributed by atoms with Gasteiger partial charge >= 0.3 is 5.97 Å². The number of fused-ring (bicyclic) bond motifs is 3. The van der Waals surface area contributed by atoms with Gasteiger partial charge in [0.05, 0.1) is 11.3 Å². The number of hydrogen-bond donors (Lipinski definition) is 2. The summed E-state index contributed by atoms with van der Waals surface area (Å²) in [5.41, 5.74) is 4.95. The summed E-state index contributed by atoms with van der Waals surface area (Å²) in [7, 11) is 0. The van der Waals surface area contributed by atoms with E-state index < -0.39 is 5.97 Å². The van der Waals surface area contributed by atoms with E-state index in [0.29, 0.717) is 12.1 Å². The average molecular weight is 319 g/mol. The van der Waals surface area contributed by atoms with E-state index in [4.69, 9.17) is 0 Å². The van der Waals surface area contributed by atoms with Gasteiger partial charge in [0.25, 0.3) is 0 Å². The quantitative estimate of drug-likeness (QED) is 0.777. The monoisotopic (exact) mass is 319 g/mol. The van der Waals surface area contributed by atoms with Crippen LogP contribution in [0.1, 0.15) is 27.2 Å². The van der Waals surface area contributed by atoms with Gasteiger partial charge in [-0.05, 0) is 17.2 Å². The van der Waals surface area contributed by atoms with Crippen molar-refractivity contribution < 1.29 is 9.90 Å². The molecule has 0 unspecified atom stereocenters. The first-order valence-electron chi connectivity index (χ1n) is 7.86. The van der Waals surface area contributed by atoms with Gasteiger partial charge in [0.15, 0.2) is 0 Å². The van der Waals surface area contributed by atoms with E-state index in [1.54, 1.807) is 12.4 Å². The van der Waals surface area contributed by atoms with Crippen molar-refractivity contribution in [1.29, 1.82) is 0 Å². The molecule has 0 aliphatic carbocycles. The molecule has 1 aliphatic heterocycles. The van der Waals surface area contributed by atoms with Crippen molar-refractivity contribution in [2.75, 3.05) is 0 Å². The van der Waals surface area contributed by atoms with E-state index in [1.165, 1.54) is 5.56 Å². The molecule has 0 fully saturated rings. The van der Waals surface area contributed by atoms with Crippen molar-refractivity contribution in [2.45, 2.75) is 19.6 Å². The first-order valence-corrected chi connectivity index (χ1v) is 7.86. The molecule has 1 aliphatic rings. The zero-order valence-electron chi connectivity index (χ0n) is 13.1. The van der Waals surface area contributed by atoms with Gasteiger partial charge in [-0.1, -0.05) is 36.4 Å². The van der Waals surface area contributed by atoms with Crippen molar-refractivity contribution in [3.63, 3.8) is 0 Å². The lowest BCUT2D eigenvalue weighted by Gasteiger charge is -2.20. The maximum Gasteiger partial charge on any atom is 0.337 e. The summed E-state index contributed by atoms with van der Waals surface area (Å²) < 4.78 is 0. The maximum atomic E-state index is 11.6. The SMILES string of the molecule is O=C(O)c1c[nH]c2c1-c1ncccc1CN(Cc1ccccc1)C2. The molecule has 0 bridgehead atoms. The Morgan fingerprint density at radius 1 is 1.17 bits per heavy atom. The summed E-state index contributed by atoms with van der Waals surface area (Å²) in [6.45, 7) is 2.20. The molecule has 0 saturated carbocycles. The molecule has 0 spiro atoms. The lowest BCUT2D eigenvalue weighted by molar-refractivity contribution is 0.0698. The molecule has 0 radical (unpaired) electrons. The molecule has 0 amide bonds. The van der Waals surface area contributed by atoms with E-state index in [0.717, 1.165) is 30.0 Å². The topological polar surface area (TPSA) is 69.2 Å². The normalized spacial score (nSPS) is 13.8. The Labute approximate surface area is 139 Å². The van der Waals surface area contributed by atoms with Crippen molar-refractivity contribution in [1.82, 2.24) is 14.9 Å². The highest BCUT2D eigenvalue weighted by atomic mass is 16.4. The number of rotatable bonds is 3. The van der Waals surface area contributed by atoms with Gasteiger partial charge in [-0.3, -0.25) is 9.88 Å². The molecule has 3 heterocycles. The van der Waals surface area contributed by atoms with Crippen LogP contribution in [0.5, 0.6) is 0 Å². The van der Waals surface area contributed by atoms with Gasteiger partial charge in [-0.25, -0.2) is 4.79 Å². The van der Waals surface area contributed by atoms with Crippen LogP contribution in [0.2, 0.25) is 0 Å². The number of aromatic nitrogens is 2. The predicted molar refractivity (Wildman–Crippen MR) is 90.4 cm³/mol. The molecule has 5 nitrogen and oxygen atoms in total. The van der Waals surface area contributed by atoms with Gasteiger partial charge in [-0.2, -0.15) is 0 Å². The number of aromatic amines is 1. The fourth-order valence-corrected chi connectivity index (χ4v) is 3.30. The molecular weight excluding hydrogens is 302 g/mol. The molecular formula is C19H17N3O2. The minimum atomic E-state index is -0.930. The lowest BCUT2D eigenvalue weighted by atomic mass is 10.0. The predicted octanol–water partition coefficient (Wildman–Crippen LogP) is 3.29. The van der Waals surface area contributed by atoms with Crippen LogP contribution in [0.25, 0.3) is 11.3 Å². The second-order valence-corrected chi connectivity index (χ2v) is 6.00. The summed E-state index contributed by atoms with van der Waals surface area (Å²) in [6, 6.07) is 14.2. The highest BCUT2D eigenvalue weighted by Crippen LogP contribution is 2.34. The van der Waals surface area contributed by atoms with Gasteiger partial charge in [-0.15, -0.1) is 0 Å². The van der Waals surface area contributed by atoms with Crippen LogP contribution in [-0.4, -0.2) is 25.9 Å². The third-order valence-corrected chi connectivity index (χ3v) is 4.35. The van der Waals surface area contributed by atoms with Gasteiger partial charge < -0.3 is 10.1 Å². The van der Waals surface area contributed by atoms with Gasteiger partial charge in [0.1, 0.15) is 0 Å². The Bertz CT molecular complexity index is 887. The summed E-state index contributed by atoms with van der Waals surface area (Å²) >= 11 is 0.